The summed E-state index contributed by atoms with van der Waals surface area (Å²) in [6.45, 7) is 0. The molecule has 0 amide bonds. The van der Waals surface area contributed by atoms with E-state index in [1.807, 2.05) is 10.8 Å². The number of benzene rings is 1. The van der Waals surface area contributed by atoms with E-state index in [9.17, 15) is 13.2 Å². The Labute approximate surface area is 108 Å². The molecule has 0 aliphatic carbocycles. The van der Waals surface area contributed by atoms with Crippen LogP contribution in [0.3, 0.4) is 0 Å². The van der Waals surface area contributed by atoms with Crippen LogP contribution in [0.1, 0.15) is 10.4 Å². The fraction of sp³-hybridized carbons (Fsp3) is 0.0833. The number of carbonyl (C=O) groups is 1. The normalized spacial score (nSPS) is 11.4. The van der Waals surface area contributed by atoms with E-state index in [2.05, 4.69) is 0 Å². The highest BCUT2D eigenvalue weighted by atomic mass is 32.2. The maximum Gasteiger partial charge on any atom is 0.336 e. The van der Waals surface area contributed by atoms with Crippen molar-refractivity contribution in [3.05, 3.63) is 40.6 Å². The van der Waals surface area contributed by atoms with E-state index in [1.54, 1.807) is 6.07 Å². The minimum atomic E-state index is -3.41. The smallest absolute Gasteiger partial charge is 0.336 e. The van der Waals surface area contributed by atoms with Crippen LogP contribution in [0.25, 0.3) is 11.1 Å². The van der Waals surface area contributed by atoms with E-state index < -0.39 is 15.8 Å². The zero-order chi connectivity index (χ0) is 13.3. The first-order valence-electron chi connectivity index (χ1n) is 4.99. The predicted octanol–water partition coefficient (Wildman–Crippen LogP) is 2.52. The summed E-state index contributed by atoms with van der Waals surface area (Å²) in [6.07, 6.45) is 1.05. The molecule has 0 saturated heterocycles. The van der Waals surface area contributed by atoms with Gasteiger partial charge in [0.15, 0.2) is 9.84 Å². The summed E-state index contributed by atoms with van der Waals surface area (Å²) in [4.78, 5) is 11.2. The maximum atomic E-state index is 11.4. The zero-order valence-corrected chi connectivity index (χ0v) is 11.1. The molecule has 1 heterocycles. The van der Waals surface area contributed by atoms with Gasteiger partial charge in [-0.25, -0.2) is 13.2 Å². The topological polar surface area (TPSA) is 71.4 Å². The van der Waals surface area contributed by atoms with Crippen molar-refractivity contribution in [2.45, 2.75) is 4.90 Å². The van der Waals surface area contributed by atoms with E-state index in [-0.39, 0.29) is 10.5 Å². The number of thiophene rings is 1. The lowest BCUT2D eigenvalue weighted by Gasteiger charge is -2.06. The van der Waals surface area contributed by atoms with E-state index in [0.29, 0.717) is 5.56 Å². The van der Waals surface area contributed by atoms with Crippen molar-refractivity contribution in [3.8, 4) is 11.1 Å². The first kappa shape index (κ1) is 12.8. The molecule has 2 aromatic rings. The molecular formula is C12H10O4S2. The van der Waals surface area contributed by atoms with Gasteiger partial charge in [0.25, 0.3) is 0 Å². The van der Waals surface area contributed by atoms with Crippen LogP contribution in [-0.4, -0.2) is 25.7 Å². The summed E-state index contributed by atoms with van der Waals surface area (Å²) in [7, 11) is -3.41. The molecule has 0 aliphatic heterocycles. The standard InChI is InChI=1S/C12H10O4S2/c1-18(15,16)9-2-3-10(8-4-5-17-7-8)11(6-9)12(13)14/h2-7H,1H3,(H,13,14). The highest BCUT2D eigenvalue weighted by Crippen LogP contribution is 2.28. The summed E-state index contributed by atoms with van der Waals surface area (Å²) in [5.41, 5.74) is 1.30. The van der Waals surface area contributed by atoms with Crippen molar-refractivity contribution in [1.82, 2.24) is 0 Å². The van der Waals surface area contributed by atoms with Gasteiger partial charge in [-0.2, -0.15) is 11.3 Å². The van der Waals surface area contributed by atoms with Crippen LogP contribution in [0, 0.1) is 0 Å². The molecule has 0 aliphatic rings. The lowest BCUT2D eigenvalue weighted by molar-refractivity contribution is 0.0697. The van der Waals surface area contributed by atoms with Gasteiger partial charge in [-0.05, 0) is 40.1 Å². The van der Waals surface area contributed by atoms with Crippen molar-refractivity contribution in [3.63, 3.8) is 0 Å². The molecule has 1 aromatic heterocycles. The molecule has 18 heavy (non-hydrogen) atoms. The molecular weight excluding hydrogens is 272 g/mol. The average Bonchev–Trinajstić information content (AvgIpc) is 2.80. The molecule has 0 saturated carbocycles. The maximum absolute atomic E-state index is 11.4. The third kappa shape index (κ3) is 2.44. The van der Waals surface area contributed by atoms with Gasteiger partial charge < -0.3 is 5.11 Å². The molecule has 1 aromatic carbocycles. The van der Waals surface area contributed by atoms with E-state index in [0.717, 1.165) is 11.8 Å². The fourth-order valence-electron chi connectivity index (χ4n) is 1.60. The minimum absolute atomic E-state index is 0.00340. The Morgan fingerprint density at radius 1 is 1.28 bits per heavy atom. The van der Waals surface area contributed by atoms with Gasteiger partial charge in [0.2, 0.25) is 0 Å². The summed E-state index contributed by atoms with van der Waals surface area (Å²) in [5, 5.41) is 12.8. The fourth-order valence-corrected chi connectivity index (χ4v) is 2.90. The van der Waals surface area contributed by atoms with Gasteiger partial charge in [-0.3, -0.25) is 0 Å². The Kier molecular flexibility index (Phi) is 3.23. The molecule has 4 nitrogen and oxygen atoms in total. The van der Waals surface area contributed by atoms with Gasteiger partial charge in [0.1, 0.15) is 0 Å². The molecule has 0 spiro atoms. The molecule has 94 valence electrons. The highest BCUT2D eigenvalue weighted by molar-refractivity contribution is 7.90. The number of hydrogen-bond donors (Lipinski definition) is 1. The third-order valence-electron chi connectivity index (χ3n) is 2.48. The van der Waals surface area contributed by atoms with Crippen LogP contribution in [0.15, 0.2) is 39.9 Å². The molecule has 0 unspecified atom stereocenters. The Balaban J connectivity index is 2.67. The number of aromatic carboxylic acids is 1. The molecule has 0 fully saturated rings. The Morgan fingerprint density at radius 2 is 2.00 bits per heavy atom. The van der Waals surface area contributed by atoms with Crippen LogP contribution < -0.4 is 0 Å². The number of sulfone groups is 1. The second kappa shape index (κ2) is 4.55. The monoisotopic (exact) mass is 282 g/mol. The van der Waals surface area contributed by atoms with Crippen molar-refractivity contribution in [2.75, 3.05) is 6.26 Å². The summed E-state index contributed by atoms with van der Waals surface area (Å²) in [5.74, 6) is -1.14. The lowest BCUT2D eigenvalue weighted by Crippen LogP contribution is -2.04. The van der Waals surface area contributed by atoms with Crippen molar-refractivity contribution in [2.24, 2.45) is 0 Å². The molecule has 0 bridgehead atoms. The highest BCUT2D eigenvalue weighted by Gasteiger charge is 2.16. The van der Waals surface area contributed by atoms with Crippen molar-refractivity contribution in [1.29, 1.82) is 0 Å². The minimum Gasteiger partial charge on any atom is -0.478 e. The van der Waals surface area contributed by atoms with E-state index >= 15 is 0 Å². The Bertz CT molecular complexity index is 685. The van der Waals surface area contributed by atoms with E-state index in [4.69, 9.17) is 5.11 Å². The van der Waals surface area contributed by atoms with Gasteiger partial charge in [0, 0.05) is 6.26 Å². The van der Waals surface area contributed by atoms with Gasteiger partial charge in [0.05, 0.1) is 10.5 Å². The van der Waals surface area contributed by atoms with Crippen molar-refractivity contribution >= 4 is 27.1 Å². The summed E-state index contributed by atoms with van der Waals surface area (Å²) in [6, 6.07) is 5.95. The Morgan fingerprint density at radius 3 is 2.50 bits per heavy atom. The van der Waals surface area contributed by atoms with Crippen LogP contribution in [-0.2, 0) is 9.84 Å². The Hall–Kier alpha value is -1.66. The average molecular weight is 282 g/mol. The predicted molar refractivity (Wildman–Crippen MR) is 69.8 cm³/mol. The molecule has 6 heteroatoms. The number of carboxylic acids is 1. The second-order valence-corrected chi connectivity index (χ2v) is 6.59. The molecule has 1 N–H and O–H groups in total. The SMILES string of the molecule is CS(=O)(=O)c1ccc(-c2ccsc2)c(C(=O)O)c1. The first-order valence-corrected chi connectivity index (χ1v) is 7.83. The molecule has 0 atom stereocenters. The van der Waals surface area contributed by atoms with Crippen LogP contribution >= 0.6 is 11.3 Å². The number of carboxylic acid groups (broad SMARTS) is 1. The van der Waals surface area contributed by atoms with Crippen LogP contribution in [0.5, 0.6) is 0 Å². The summed E-state index contributed by atoms with van der Waals surface area (Å²) >= 11 is 1.45. The van der Waals surface area contributed by atoms with Gasteiger partial charge in [-0.15, -0.1) is 0 Å². The third-order valence-corrected chi connectivity index (χ3v) is 4.28. The molecule has 2 rings (SSSR count). The van der Waals surface area contributed by atoms with Crippen LogP contribution in [0.4, 0.5) is 0 Å². The summed E-state index contributed by atoms with van der Waals surface area (Å²) < 4.78 is 22.8. The lowest BCUT2D eigenvalue weighted by atomic mass is 10.0. The number of hydrogen-bond acceptors (Lipinski definition) is 4. The molecule has 0 radical (unpaired) electrons. The second-order valence-electron chi connectivity index (χ2n) is 3.80. The van der Waals surface area contributed by atoms with Crippen LogP contribution in [0.2, 0.25) is 0 Å². The first-order chi connectivity index (χ1) is 8.39. The largest absolute Gasteiger partial charge is 0.478 e. The number of rotatable bonds is 3. The van der Waals surface area contributed by atoms with Gasteiger partial charge in [-0.1, -0.05) is 6.07 Å². The zero-order valence-electron chi connectivity index (χ0n) is 9.45. The quantitative estimate of drug-likeness (QED) is 0.939. The van der Waals surface area contributed by atoms with E-state index in [1.165, 1.54) is 29.5 Å². The van der Waals surface area contributed by atoms with Gasteiger partial charge >= 0.3 is 5.97 Å². The van der Waals surface area contributed by atoms with Crippen molar-refractivity contribution < 1.29 is 18.3 Å².